The third-order valence-corrected chi connectivity index (χ3v) is 3.98. The van der Waals surface area contributed by atoms with Crippen LogP contribution in [0.4, 0.5) is 5.69 Å². The third-order valence-electron chi connectivity index (χ3n) is 2.80. The molecule has 1 heterocycles. The highest BCUT2D eigenvalue weighted by atomic mass is 32.1. The smallest absolute Gasteiger partial charge is 0.350 e. The minimum Gasteiger partial charge on any atom is -0.462 e. The van der Waals surface area contributed by atoms with Crippen LogP contribution < -0.4 is 5.73 Å². The van der Waals surface area contributed by atoms with Crippen LogP contribution in [0.2, 0.25) is 0 Å². The number of hydrogen-bond donors (Lipinski definition) is 1. The minimum absolute atomic E-state index is 0.224. The SMILES string of the molecule is CCOC(=O)c1sc(Cc2ccccc2)c(C#N)c1N. The van der Waals surface area contributed by atoms with E-state index in [0.29, 0.717) is 16.9 Å². The molecular formula is C15H14N2O2S. The molecule has 2 N–H and O–H groups in total. The van der Waals surface area contributed by atoms with E-state index in [-0.39, 0.29) is 12.3 Å². The molecule has 1 aromatic heterocycles. The molecule has 0 aliphatic carbocycles. The van der Waals surface area contributed by atoms with Crippen LogP contribution in [0.15, 0.2) is 30.3 Å². The summed E-state index contributed by atoms with van der Waals surface area (Å²) in [5.41, 5.74) is 7.56. The predicted octanol–water partition coefficient (Wildman–Crippen LogP) is 2.97. The number of nitrogens with zero attached hydrogens (tertiary/aromatic N) is 1. The van der Waals surface area contributed by atoms with Crippen molar-refractivity contribution in [3.8, 4) is 6.07 Å². The summed E-state index contributed by atoms with van der Waals surface area (Å²) >= 11 is 1.23. The van der Waals surface area contributed by atoms with Crippen molar-refractivity contribution in [3.05, 3.63) is 51.2 Å². The van der Waals surface area contributed by atoms with Crippen molar-refractivity contribution >= 4 is 23.0 Å². The monoisotopic (exact) mass is 286 g/mol. The van der Waals surface area contributed by atoms with E-state index in [0.717, 1.165) is 10.4 Å². The van der Waals surface area contributed by atoms with Crippen LogP contribution in [-0.4, -0.2) is 12.6 Å². The van der Waals surface area contributed by atoms with Gasteiger partial charge in [0.1, 0.15) is 10.9 Å². The van der Waals surface area contributed by atoms with E-state index in [4.69, 9.17) is 10.5 Å². The standard InChI is InChI=1S/C15H14N2O2S/c1-2-19-15(18)14-13(17)11(9-16)12(20-14)8-10-6-4-3-5-7-10/h3-7H,2,8,17H2,1H3. The number of anilines is 1. The topological polar surface area (TPSA) is 76.1 Å². The van der Waals surface area contributed by atoms with Gasteiger partial charge in [0.05, 0.1) is 17.9 Å². The van der Waals surface area contributed by atoms with Crippen LogP contribution in [0, 0.1) is 11.3 Å². The lowest BCUT2D eigenvalue weighted by Gasteiger charge is -1.98. The van der Waals surface area contributed by atoms with E-state index in [1.165, 1.54) is 11.3 Å². The fraction of sp³-hybridized carbons (Fsp3) is 0.200. The van der Waals surface area contributed by atoms with Crippen LogP contribution in [0.25, 0.3) is 0 Å². The van der Waals surface area contributed by atoms with Gasteiger partial charge in [-0.1, -0.05) is 30.3 Å². The number of carbonyl (C=O) groups excluding carboxylic acids is 1. The molecule has 4 nitrogen and oxygen atoms in total. The molecule has 102 valence electrons. The molecule has 0 unspecified atom stereocenters. The molecule has 0 radical (unpaired) electrons. The lowest BCUT2D eigenvalue weighted by Crippen LogP contribution is -2.05. The summed E-state index contributed by atoms with van der Waals surface area (Å²) in [5.74, 6) is -0.467. The molecule has 5 heteroatoms. The summed E-state index contributed by atoms with van der Waals surface area (Å²) < 4.78 is 4.95. The summed E-state index contributed by atoms with van der Waals surface area (Å²) in [7, 11) is 0. The molecule has 0 aliphatic heterocycles. The highest BCUT2D eigenvalue weighted by Gasteiger charge is 2.21. The number of nitrogens with two attached hydrogens (primary N) is 1. The fourth-order valence-corrected chi connectivity index (χ4v) is 2.97. The number of hydrogen-bond acceptors (Lipinski definition) is 5. The molecule has 0 saturated carbocycles. The number of thiophene rings is 1. The maximum absolute atomic E-state index is 11.8. The van der Waals surface area contributed by atoms with Gasteiger partial charge in [0.25, 0.3) is 0 Å². The summed E-state index contributed by atoms with van der Waals surface area (Å²) in [6.07, 6.45) is 0.581. The molecule has 0 bridgehead atoms. The van der Waals surface area contributed by atoms with E-state index in [1.807, 2.05) is 30.3 Å². The zero-order chi connectivity index (χ0) is 14.5. The Labute approximate surface area is 121 Å². The second kappa shape index (κ2) is 6.22. The Morgan fingerprint density at radius 1 is 1.40 bits per heavy atom. The molecule has 20 heavy (non-hydrogen) atoms. The average Bonchev–Trinajstić information content (AvgIpc) is 2.76. The largest absolute Gasteiger partial charge is 0.462 e. The van der Waals surface area contributed by atoms with E-state index >= 15 is 0 Å². The Morgan fingerprint density at radius 2 is 2.10 bits per heavy atom. The molecule has 2 aromatic rings. The molecule has 2 rings (SSSR count). The highest BCUT2D eigenvalue weighted by molar-refractivity contribution is 7.14. The van der Waals surface area contributed by atoms with Crippen LogP contribution in [0.5, 0.6) is 0 Å². The Kier molecular flexibility index (Phi) is 4.38. The summed E-state index contributed by atoms with van der Waals surface area (Å²) in [6.45, 7) is 2.02. The van der Waals surface area contributed by atoms with E-state index in [1.54, 1.807) is 6.92 Å². The van der Waals surface area contributed by atoms with Gasteiger partial charge in [-0.2, -0.15) is 5.26 Å². The van der Waals surface area contributed by atoms with Gasteiger partial charge in [0, 0.05) is 11.3 Å². The first kappa shape index (κ1) is 14.1. The van der Waals surface area contributed by atoms with Gasteiger partial charge in [0.2, 0.25) is 0 Å². The second-order valence-corrected chi connectivity index (χ2v) is 5.24. The first-order chi connectivity index (χ1) is 9.67. The minimum atomic E-state index is -0.467. The van der Waals surface area contributed by atoms with E-state index in [2.05, 4.69) is 6.07 Å². The van der Waals surface area contributed by atoms with Crippen LogP contribution in [0.3, 0.4) is 0 Å². The normalized spacial score (nSPS) is 10.0. The molecule has 0 fully saturated rings. The zero-order valence-electron chi connectivity index (χ0n) is 11.1. The Hall–Kier alpha value is -2.32. The number of esters is 1. The van der Waals surface area contributed by atoms with Gasteiger partial charge in [-0.3, -0.25) is 0 Å². The molecule has 0 aliphatic rings. The molecule has 1 aromatic carbocycles. The number of benzene rings is 1. The van der Waals surface area contributed by atoms with Crippen molar-refractivity contribution in [2.24, 2.45) is 0 Å². The van der Waals surface area contributed by atoms with Gasteiger partial charge in [-0.25, -0.2) is 4.79 Å². The van der Waals surface area contributed by atoms with Crippen LogP contribution in [0.1, 0.15) is 32.6 Å². The van der Waals surface area contributed by atoms with E-state index in [9.17, 15) is 10.1 Å². The summed E-state index contributed by atoms with van der Waals surface area (Å²) in [4.78, 5) is 12.9. The Balaban J connectivity index is 2.37. The van der Waals surface area contributed by atoms with Crippen molar-refractivity contribution in [3.63, 3.8) is 0 Å². The van der Waals surface area contributed by atoms with Gasteiger partial charge in [0.15, 0.2) is 0 Å². The number of rotatable bonds is 4. The first-order valence-corrected chi connectivity index (χ1v) is 7.01. The zero-order valence-corrected chi connectivity index (χ0v) is 11.9. The van der Waals surface area contributed by atoms with Crippen molar-refractivity contribution in [1.82, 2.24) is 0 Å². The van der Waals surface area contributed by atoms with Gasteiger partial charge in [-0.05, 0) is 12.5 Å². The Morgan fingerprint density at radius 3 is 2.70 bits per heavy atom. The number of ether oxygens (including phenoxy) is 1. The quantitative estimate of drug-likeness (QED) is 0.877. The molecule has 0 spiro atoms. The molecule has 0 amide bonds. The van der Waals surface area contributed by atoms with Crippen molar-refractivity contribution < 1.29 is 9.53 Å². The lowest BCUT2D eigenvalue weighted by molar-refractivity contribution is 0.0533. The molecule has 0 saturated heterocycles. The van der Waals surface area contributed by atoms with Crippen LogP contribution >= 0.6 is 11.3 Å². The molecular weight excluding hydrogens is 272 g/mol. The summed E-state index contributed by atoms with van der Waals surface area (Å²) in [5, 5.41) is 9.23. The molecule has 0 atom stereocenters. The highest BCUT2D eigenvalue weighted by Crippen LogP contribution is 2.32. The first-order valence-electron chi connectivity index (χ1n) is 6.19. The number of nitriles is 1. The van der Waals surface area contributed by atoms with Gasteiger partial charge in [-0.15, -0.1) is 11.3 Å². The van der Waals surface area contributed by atoms with Crippen molar-refractivity contribution in [2.75, 3.05) is 12.3 Å². The van der Waals surface area contributed by atoms with E-state index < -0.39 is 5.97 Å². The Bertz CT molecular complexity index is 657. The number of carbonyl (C=O) groups is 1. The van der Waals surface area contributed by atoms with Gasteiger partial charge >= 0.3 is 5.97 Å². The maximum Gasteiger partial charge on any atom is 0.350 e. The third kappa shape index (κ3) is 2.81. The predicted molar refractivity (Wildman–Crippen MR) is 78.7 cm³/mol. The number of nitrogen functional groups attached to an aromatic ring is 1. The van der Waals surface area contributed by atoms with Crippen molar-refractivity contribution in [1.29, 1.82) is 5.26 Å². The maximum atomic E-state index is 11.8. The second-order valence-electron chi connectivity index (χ2n) is 4.14. The van der Waals surface area contributed by atoms with Gasteiger partial charge < -0.3 is 10.5 Å². The fourth-order valence-electron chi connectivity index (χ4n) is 1.87. The summed E-state index contributed by atoms with van der Waals surface area (Å²) in [6, 6.07) is 11.8. The van der Waals surface area contributed by atoms with Crippen LogP contribution in [-0.2, 0) is 11.2 Å². The van der Waals surface area contributed by atoms with Crippen molar-refractivity contribution in [2.45, 2.75) is 13.3 Å². The average molecular weight is 286 g/mol. The lowest BCUT2D eigenvalue weighted by atomic mass is 10.1.